The Balaban J connectivity index is 1.97. The smallest absolute Gasteiger partial charge is 0.307 e. The molecule has 0 aliphatic heterocycles. The van der Waals surface area contributed by atoms with Gasteiger partial charge < -0.3 is 10.2 Å². The third kappa shape index (κ3) is 4.28. The molecule has 0 aromatic rings. The third-order valence-electron chi connectivity index (χ3n) is 2.66. The maximum Gasteiger partial charge on any atom is 0.401 e. The summed E-state index contributed by atoms with van der Waals surface area (Å²) in [5.41, 5.74) is 0. The minimum atomic E-state index is -4.09. The summed E-state index contributed by atoms with van der Waals surface area (Å²) in [5.74, 6) is 0. The molecule has 0 saturated heterocycles. The van der Waals surface area contributed by atoms with Gasteiger partial charge in [-0.25, -0.2) is 0 Å². The quantitative estimate of drug-likeness (QED) is 0.694. The van der Waals surface area contributed by atoms with Crippen molar-refractivity contribution in [2.24, 2.45) is 0 Å². The van der Waals surface area contributed by atoms with Crippen molar-refractivity contribution in [3.8, 4) is 0 Å². The molecule has 1 aliphatic rings. The summed E-state index contributed by atoms with van der Waals surface area (Å²) in [6.07, 6.45) is -0.453. The van der Waals surface area contributed by atoms with E-state index in [1.165, 1.54) is 19.3 Å². The van der Waals surface area contributed by atoms with Crippen molar-refractivity contribution >= 4 is 0 Å². The summed E-state index contributed by atoms with van der Waals surface area (Å²) in [5, 5.41) is 2.39. The molecule has 0 spiro atoms. The van der Waals surface area contributed by atoms with Gasteiger partial charge in [0.2, 0.25) is 0 Å². The fraction of sp³-hybridized carbons (Fsp3) is 1.00. The number of alkyl halides is 3. The van der Waals surface area contributed by atoms with Gasteiger partial charge >= 0.3 is 6.18 Å². The maximum atomic E-state index is 11.7. The van der Waals surface area contributed by atoms with Crippen molar-refractivity contribution in [2.75, 3.05) is 26.7 Å². The number of hydrogen-bond acceptors (Lipinski definition) is 2. The van der Waals surface area contributed by atoms with Crippen LogP contribution >= 0.6 is 0 Å². The average molecular weight is 210 g/mol. The highest BCUT2D eigenvalue weighted by Gasteiger charge is 2.26. The molecule has 0 aromatic carbocycles. The van der Waals surface area contributed by atoms with Crippen molar-refractivity contribution in [1.29, 1.82) is 0 Å². The predicted octanol–water partition coefficient (Wildman–Crippen LogP) is 1.62. The molecule has 1 aliphatic carbocycles. The van der Waals surface area contributed by atoms with Crippen LogP contribution in [-0.2, 0) is 0 Å². The number of nitrogens with zero attached hydrogens (tertiary/aromatic N) is 1. The SMILES string of the molecule is CN(CCNCC(F)(F)F)C1CCC1. The van der Waals surface area contributed by atoms with Gasteiger partial charge in [-0.3, -0.25) is 0 Å². The lowest BCUT2D eigenvalue weighted by molar-refractivity contribution is -0.124. The molecule has 0 heterocycles. The Morgan fingerprint density at radius 3 is 2.43 bits per heavy atom. The molecule has 0 aromatic heterocycles. The molecular formula is C9H17F3N2. The summed E-state index contributed by atoms with van der Waals surface area (Å²) in [7, 11) is 1.97. The summed E-state index contributed by atoms with van der Waals surface area (Å²) in [6, 6.07) is 0.600. The maximum absolute atomic E-state index is 11.7. The van der Waals surface area contributed by atoms with Gasteiger partial charge in [-0.1, -0.05) is 6.42 Å². The Kier molecular flexibility index (Phi) is 4.19. The van der Waals surface area contributed by atoms with E-state index in [-0.39, 0.29) is 0 Å². The van der Waals surface area contributed by atoms with Gasteiger partial charge in [0.25, 0.3) is 0 Å². The fourth-order valence-electron chi connectivity index (χ4n) is 1.50. The summed E-state index contributed by atoms with van der Waals surface area (Å²) < 4.78 is 35.2. The second-order valence-electron chi connectivity index (χ2n) is 3.86. The van der Waals surface area contributed by atoms with Crippen LogP contribution in [0.1, 0.15) is 19.3 Å². The topological polar surface area (TPSA) is 15.3 Å². The first-order valence-corrected chi connectivity index (χ1v) is 4.97. The van der Waals surface area contributed by atoms with E-state index in [9.17, 15) is 13.2 Å². The predicted molar refractivity (Wildman–Crippen MR) is 49.2 cm³/mol. The number of likely N-dealkylation sites (N-methyl/N-ethyl adjacent to an activating group) is 1. The summed E-state index contributed by atoms with van der Waals surface area (Å²) in [6.45, 7) is 0.221. The number of rotatable bonds is 5. The first-order valence-electron chi connectivity index (χ1n) is 4.97. The number of halogens is 3. The van der Waals surface area contributed by atoms with E-state index in [0.717, 1.165) is 0 Å². The second kappa shape index (κ2) is 4.98. The number of nitrogens with one attached hydrogen (secondary N) is 1. The van der Waals surface area contributed by atoms with E-state index in [4.69, 9.17) is 0 Å². The van der Waals surface area contributed by atoms with Crippen LogP contribution < -0.4 is 5.32 Å². The van der Waals surface area contributed by atoms with Gasteiger partial charge in [0.05, 0.1) is 6.54 Å². The molecule has 0 amide bonds. The highest BCUT2D eigenvalue weighted by atomic mass is 19.4. The molecular weight excluding hydrogens is 193 g/mol. The van der Waals surface area contributed by atoms with E-state index >= 15 is 0 Å². The van der Waals surface area contributed by atoms with Crippen LogP contribution in [0.15, 0.2) is 0 Å². The van der Waals surface area contributed by atoms with E-state index in [1.807, 2.05) is 7.05 Å². The van der Waals surface area contributed by atoms with Crippen molar-refractivity contribution in [3.63, 3.8) is 0 Å². The van der Waals surface area contributed by atoms with Crippen LogP contribution in [0.5, 0.6) is 0 Å². The third-order valence-corrected chi connectivity index (χ3v) is 2.66. The molecule has 14 heavy (non-hydrogen) atoms. The summed E-state index contributed by atoms with van der Waals surface area (Å²) >= 11 is 0. The van der Waals surface area contributed by atoms with E-state index in [0.29, 0.717) is 19.1 Å². The molecule has 0 unspecified atom stereocenters. The van der Waals surface area contributed by atoms with Gasteiger partial charge in [-0.2, -0.15) is 13.2 Å². The van der Waals surface area contributed by atoms with Crippen molar-refractivity contribution in [1.82, 2.24) is 10.2 Å². The Morgan fingerprint density at radius 2 is 2.00 bits per heavy atom. The van der Waals surface area contributed by atoms with Gasteiger partial charge in [-0.15, -0.1) is 0 Å². The van der Waals surface area contributed by atoms with Crippen LogP contribution in [0.25, 0.3) is 0 Å². The highest BCUT2D eigenvalue weighted by molar-refractivity contribution is 4.78. The molecule has 1 fully saturated rings. The lowest BCUT2D eigenvalue weighted by Crippen LogP contribution is -2.42. The lowest BCUT2D eigenvalue weighted by atomic mass is 9.92. The zero-order valence-corrected chi connectivity index (χ0v) is 8.40. The molecule has 2 nitrogen and oxygen atoms in total. The Bertz CT molecular complexity index is 166. The van der Waals surface area contributed by atoms with Gasteiger partial charge in [-0.05, 0) is 19.9 Å². The minimum absolute atomic E-state index is 0.409. The Labute approximate surface area is 82.5 Å². The largest absolute Gasteiger partial charge is 0.401 e. The van der Waals surface area contributed by atoms with Gasteiger partial charge in [0.1, 0.15) is 0 Å². The first-order chi connectivity index (χ1) is 6.49. The monoisotopic (exact) mass is 210 g/mol. The highest BCUT2D eigenvalue weighted by Crippen LogP contribution is 2.22. The van der Waals surface area contributed by atoms with Gasteiger partial charge in [0, 0.05) is 19.1 Å². The standard InChI is InChI=1S/C9H17F3N2/c1-14(8-3-2-4-8)6-5-13-7-9(10,11)12/h8,13H,2-7H2,1H3. The average Bonchev–Trinajstić information content (AvgIpc) is 1.92. The zero-order chi connectivity index (χ0) is 10.6. The van der Waals surface area contributed by atoms with Crippen molar-refractivity contribution in [3.05, 3.63) is 0 Å². The summed E-state index contributed by atoms with van der Waals surface area (Å²) in [4.78, 5) is 2.13. The normalized spacial score (nSPS) is 18.6. The molecule has 1 saturated carbocycles. The molecule has 1 rings (SSSR count). The minimum Gasteiger partial charge on any atom is -0.307 e. The molecule has 84 valence electrons. The number of hydrogen-bond donors (Lipinski definition) is 1. The Hall–Kier alpha value is -0.290. The second-order valence-corrected chi connectivity index (χ2v) is 3.86. The van der Waals surface area contributed by atoms with E-state index in [2.05, 4.69) is 10.2 Å². The zero-order valence-electron chi connectivity index (χ0n) is 8.40. The van der Waals surface area contributed by atoms with Gasteiger partial charge in [0.15, 0.2) is 0 Å². The molecule has 5 heteroatoms. The van der Waals surface area contributed by atoms with E-state index in [1.54, 1.807) is 0 Å². The molecule has 0 bridgehead atoms. The van der Waals surface area contributed by atoms with Crippen LogP contribution in [0.2, 0.25) is 0 Å². The van der Waals surface area contributed by atoms with Crippen LogP contribution in [0.4, 0.5) is 13.2 Å². The van der Waals surface area contributed by atoms with Crippen LogP contribution in [0, 0.1) is 0 Å². The first kappa shape index (κ1) is 11.8. The van der Waals surface area contributed by atoms with E-state index < -0.39 is 12.7 Å². The lowest BCUT2D eigenvalue weighted by Gasteiger charge is -2.34. The molecule has 1 N–H and O–H groups in total. The van der Waals surface area contributed by atoms with Crippen molar-refractivity contribution in [2.45, 2.75) is 31.5 Å². The molecule has 0 radical (unpaired) electrons. The van der Waals surface area contributed by atoms with Crippen LogP contribution in [-0.4, -0.2) is 43.8 Å². The Morgan fingerprint density at radius 1 is 1.36 bits per heavy atom. The van der Waals surface area contributed by atoms with Crippen molar-refractivity contribution < 1.29 is 13.2 Å². The fourth-order valence-corrected chi connectivity index (χ4v) is 1.50. The van der Waals surface area contributed by atoms with Crippen LogP contribution in [0.3, 0.4) is 0 Å². The molecule has 0 atom stereocenters.